The second-order valence-electron chi connectivity index (χ2n) is 2.56. The highest BCUT2D eigenvalue weighted by molar-refractivity contribution is 5.75. The molecule has 0 heterocycles. The van der Waals surface area contributed by atoms with Gasteiger partial charge in [0, 0.05) is 0 Å². The molecule has 0 fully saturated rings. The van der Waals surface area contributed by atoms with E-state index in [0.717, 1.165) is 12.8 Å². The van der Waals surface area contributed by atoms with Gasteiger partial charge in [-0.3, -0.25) is 0 Å². The maximum Gasteiger partial charge on any atom is 0.0591 e. The molecule has 0 unspecified atom stereocenters. The van der Waals surface area contributed by atoms with E-state index in [1.807, 2.05) is 13.8 Å². The number of aliphatic hydroxyl groups is 1. The van der Waals surface area contributed by atoms with Gasteiger partial charge in [-0.05, 0) is 31.2 Å². The molecule has 0 aliphatic heterocycles. The van der Waals surface area contributed by atoms with Crippen LogP contribution in [0.2, 0.25) is 0 Å². The lowest BCUT2D eigenvalue weighted by Crippen LogP contribution is -2.16. The predicted octanol–water partition coefficient (Wildman–Crippen LogP) is 0.106. The molecule has 0 saturated carbocycles. The Kier molecular flexibility index (Phi) is 5.65. The van der Waals surface area contributed by atoms with Crippen molar-refractivity contribution in [3.63, 3.8) is 0 Å². The molecule has 0 saturated heterocycles. The fourth-order valence-electron chi connectivity index (χ4n) is 0.612. The average Bonchev–Trinajstić information content (AvgIpc) is 1.30. The van der Waals surface area contributed by atoms with Crippen LogP contribution in [-0.4, -0.2) is 21.7 Å². The molecule has 2 heteroatoms. The summed E-state index contributed by atoms with van der Waals surface area (Å²) in [6.45, 7) is 5.73. The number of rotatable bonds is 2. The summed E-state index contributed by atoms with van der Waals surface area (Å²) in [5.74, 6) is 0. The SMILES string of the molecule is CCCC(C)(C)O.[SiH4]. The van der Waals surface area contributed by atoms with E-state index in [-0.39, 0.29) is 11.0 Å². The molecule has 0 amide bonds. The van der Waals surface area contributed by atoms with Crippen molar-refractivity contribution in [2.45, 2.75) is 39.2 Å². The average molecular weight is 134 g/mol. The largest absolute Gasteiger partial charge is 0.390 e. The van der Waals surface area contributed by atoms with Gasteiger partial charge in [0.05, 0.1) is 5.60 Å². The summed E-state index contributed by atoms with van der Waals surface area (Å²) in [5, 5.41) is 9.02. The van der Waals surface area contributed by atoms with E-state index in [2.05, 4.69) is 6.92 Å². The van der Waals surface area contributed by atoms with Crippen LogP contribution in [0.3, 0.4) is 0 Å². The van der Waals surface area contributed by atoms with E-state index < -0.39 is 5.60 Å². The zero-order valence-corrected chi connectivity index (χ0v) is 5.36. The number of hydrogen-bond donors (Lipinski definition) is 1. The zero-order chi connectivity index (χ0) is 5.91. The molecule has 0 aromatic rings. The van der Waals surface area contributed by atoms with Crippen LogP contribution in [-0.2, 0) is 0 Å². The molecule has 0 atom stereocenters. The maximum atomic E-state index is 9.02. The second-order valence-corrected chi connectivity index (χ2v) is 2.56. The van der Waals surface area contributed by atoms with Crippen LogP contribution < -0.4 is 0 Å². The molecule has 0 spiro atoms. The Morgan fingerprint density at radius 1 is 1.38 bits per heavy atom. The summed E-state index contributed by atoms with van der Waals surface area (Å²) in [6.07, 6.45) is 1.95. The smallest absolute Gasteiger partial charge is 0.0591 e. The quantitative estimate of drug-likeness (QED) is 0.531. The maximum absolute atomic E-state index is 9.02. The van der Waals surface area contributed by atoms with Gasteiger partial charge < -0.3 is 5.11 Å². The van der Waals surface area contributed by atoms with Crippen molar-refractivity contribution in [2.24, 2.45) is 0 Å². The van der Waals surface area contributed by atoms with Crippen molar-refractivity contribution < 1.29 is 5.11 Å². The first-order valence-corrected chi connectivity index (χ1v) is 2.78. The Balaban J connectivity index is 0. The molecular formula is C6H18OSi. The molecule has 0 aliphatic rings. The van der Waals surface area contributed by atoms with Gasteiger partial charge >= 0.3 is 0 Å². The summed E-state index contributed by atoms with van der Waals surface area (Å²) in [5.41, 5.74) is -0.450. The summed E-state index contributed by atoms with van der Waals surface area (Å²) in [6, 6.07) is 0. The van der Waals surface area contributed by atoms with Crippen LogP contribution in [0.1, 0.15) is 33.6 Å². The monoisotopic (exact) mass is 134 g/mol. The minimum absolute atomic E-state index is 0. The van der Waals surface area contributed by atoms with Gasteiger partial charge in [-0.1, -0.05) is 13.3 Å². The van der Waals surface area contributed by atoms with Crippen molar-refractivity contribution in [3.05, 3.63) is 0 Å². The normalized spacial score (nSPS) is 10.5. The lowest BCUT2D eigenvalue weighted by Gasteiger charge is -2.14. The Hall–Kier alpha value is 0.177. The van der Waals surface area contributed by atoms with Gasteiger partial charge in [0.15, 0.2) is 0 Å². The summed E-state index contributed by atoms with van der Waals surface area (Å²) in [7, 11) is 0. The Bertz CT molecular complexity index is 47.0. The molecule has 52 valence electrons. The van der Waals surface area contributed by atoms with Crippen molar-refractivity contribution >= 4 is 11.0 Å². The predicted molar refractivity (Wildman–Crippen MR) is 42.5 cm³/mol. The topological polar surface area (TPSA) is 20.2 Å². The van der Waals surface area contributed by atoms with Crippen LogP contribution in [0.5, 0.6) is 0 Å². The first-order valence-electron chi connectivity index (χ1n) is 2.78. The molecule has 0 aromatic heterocycles. The van der Waals surface area contributed by atoms with Gasteiger partial charge in [-0.25, -0.2) is 0 Å². The van der Waals surface area contributed by atoms with E-state index in [1.165, 1.54) is 0 Å². The molecule has 0 radical (unpaired) electrons. The van der Waals surface area contributed by atoms with Crippen molar-refractivity contribution in [1.29, 1.82) is 0 Å². The third-order valence-electron chi connectivity index (χ3n) is 0.862. The molecule has 0 aromatic carbocycles. The fraction of sp³-hybridized carbons (Fsp3) is 1.00. The van der Waals surface area contributed by atoms with Crippen LogP contribution in [0, 0.1) is 0 Å². The Morgan fingerprint density at radius 3 is 1.75 bits per heavy atom. The van der Waals surface area contributed by atoms with E-state index in [0.29, 0.717) is 0 Å². The van der Waals surface area contributed by atoms with Gasteiger partial charge in [0.1, 0.15) is 0 Å². The zero-order valence-electron chi connectivity index (χ0n) is 5.36. The molecule has 8 heavy (non-hydrogen) atoms. The van der Waals surface area contributed by atoms with E-state index in [4.69, 9.17) is 5.11 Å². The summed E-state index contributed by atoms with van der Waals surface area (Å²) >= 11 is 0. The first-order chi connectivity index (χ1) is 3.06. The Labute approximate surface area is 56.1 Å². The van der Waals surface area contributed by atoms with Crippen LogP contribution in [0.4, 0.5) is 0 Å². The van der Waals surface area contributed by atoms with Crippen LogP contribution >= 0.6 is 0 Å². The highest BCUT2D eigenvalue weighted by Gasteiger charge is 2.08. The van der Waals surface area contributed by atoms with Crippen LogP contribution in [0.25, 0.3) is 0 Å². The molecule has 0 aliphatic carbocycles. The minimum Gasteiger partial charge on any atom is -0.390 e. The van der Waals surface area contributed by atoms with Crippen molar-refractivity contribution in [1.82, 2.24) is 0 Å². The van der Waals surface area contributed by atoms with Crippen molar-refractivity contribution in [2.75, 3.05) is 0 Å². The highest BCUT2D eigenvalue weighted by atomic mass is 28.1. The summed E-state index contributed by atoms with van der Waals surface area (Å²) < 4.78 is 0. The lowest BCUT2D eigenvalue weighted by atomic mass is 10.0. The molecule has 1 nitrogen and oxygen atoms in total. The third kappa shape index (κ3) is 9.49. The second kappa shape index (κ2) is 4.10. The third-order valence-corrected chi connectivity index (χ3v) is 0.862. The minimum atomic E-state index is -0.450. The van der Waals surface area contributed by atoms with Gasteiger partial charge in [-0.15, -0.1) is 0 Å². The van der Waals surface area contributed by atoms with Crippen molar-refractivity contribution in [3.8, 4) is 0 Å². The van der Waals surface area contributed by atoms with E-state index >= 15 is 0 Å². The molecule has 0 bridgehead atoms. The fourth-order valence-corrected chi connectivity index (χ4v) is 0.612. The van der Waals surface area contributed by atoms with Gasteiger partial charge in [0.2, 0.25) is 0 Å². The van der Waals surface area contributed by atoms with E-state index in [1.54, 1.807) is 0 Å². The first kappa shape index (κ1) is 11.0. The van der Waals surface area contributed by atoms with Gasteiger partial charge in [-0.2, -0.15) is 0 Å². The molecule has 1 N–H and O–H groups in total. The highest BCUT2D eigenvalue weighted by Crippen LogP contribution is 2.08. The Morgan fingerprint density at radius 2 is 1.75 bits per heavy atom. The summed E-state index contributed by atoms with van der Waals surface area (Å²) in [4.78, 5) is 0. The molecular weight excluding hydrogens is 116 g/mol. The lowest BCUT2D eigenvalue weighted by molar-refractivity contribution is 0.0703. The van der Waals surface area contributed by atoms with Crippen LogP contribution in [0.15, 0.2) is 0 Å². The van der Waals surface area contributed by atoms with Gasteiger partial charge in [0.25, 0.3) is 0 Å². The van der Waals surface area contributed by atoms with E-state index in [9.17, 15) is 0 Å². The standard InChI is InChI=1S/C6H14O.H4Si/c1-4-5-6(2,3)7;/h7H,4-5H2,1-3H3;1H4. The molecule has 0 rings (SSSR count). The number of hydrogen-bond acceptors (Lipinski definition) is 1.